The zero-order valence-electron chi connectivity index (χ0n) is 13.6. The average molecular weight is 343 g/mol. The molecule has 0 spiro atoms. The lowest BCUT2D eigenvalue weighted by atomic mass is 10.2. The summed E-state index contributed by atoms with van der Waals surface area (Å²) < 4.78 is 6.48. The predicted octanol–water partition coefficient (Wildman–Crippen LogP) is 2.59. The molecule has 0 unspecified atom stereocenters. The minimum atomic E-state index is 0.0275. The van der Waals surface area contributed by atoms with E-state index in [4.69, 9.17) is 10.00 Å². The molecular weight excluding hydrogens is 322 g/mol. The van der Waals surface area contributed by atoms with Gasteiger partial charge >= 0.3 is 0 Å². The molecule has 24 heavy (non-hydrogen) atoms. The van der Waals surface area contributed by atoms with Crippen molar-refractivity contribution in [2.75, 3.05) is 45.9 Å². The maximum Gasteiger partial charge on any atom is 0.264 e. The van der Waals surface area contributed by atoms with Crippen LogP contribution in [-0.2, 0) is 4.74 Å². The van der Waals surface area contributed by atoms with E-state index in [1.54, 1.807) is 0 Å². The predicted molar refractivity (Wildman–Crippen MR) is 95.2 cm³/mol. The largest absolute Gasteiger partial charge is 0.379 e. The highest BCUT2D eigenvalue weighted by molar-refractivity contribution is 7.20. The third-order valence-corrected chi connectivity index (χ3v) is 5.31. The van der Waals surface area contributed by atoms with Crippen LogP contribution in [-0.4, -0.2) is 61.6 Å². The van der Waals surface area contributed by atoms with E-state index in [9.17, 15) is 4.79 Å². The van der Waals surface area contributed by atoms with Gasteiger partial charge in [-0.15, -0.1) is 11.3 Å². The quantitative estimate of drug-likeness (QED) is 0.809. The van der Waals surface area contributed by atoms with Crippen molar-refractivity contribution in [2.24, 2.45) is 0 Å². The van der Waals surface area contributed by atoms with Gasteiger partial charge in [0.1, 0.15) is 0 Å². The summed E-state index contributed by atoms with van der Waals surface area (Å²) in [7, 11) is 0. The Morgan fingerprint density at radius 1 is 1.29 bits per heavy atom. The number of thiophene rings is 1. The minimum absolute atomic E-state index is 0.0275. The van der Waals surface area contributed by atoms with Gasteiger partial charge in [0.2, 0.25) is 0 Å². The Kier molecular flexibility index (Phi) is 5.81. The molecule has 1 fully saturated rings. The second-order valence-electron chi connectivity index (χ2n) is 5.80. The van der Waals surface area contributed by atoms with E-state index < -0.39 is 0 Å². The van der Waals surface area contributed by atoms with Crippen molar-refractivity contribution in [3.63, 3.8) is 0 Å². The molecule has 1 aromatic carbocycles. The number of carbonyl (C=O) groups is 1. The average Bonchev–Trinajstić information content (AvgIpc) is 3.06. The highest BCUT2D eigenvalue weighted by Crippen LogP contribution is 2.26. The first-order valence-corrected chi connectivity index (χ1v) is 9.04. The van der Waals surface area contributed by atoms with Gasteiger partial charge in [-0.1, -0.05) is 18.2 Å². The van der Waals surface area contributed by atoms with Crippen LogP contribution >= 0.6 is 11.3 Å². The Labute approximate surface area is 146 Å². The zero-order chi connectivity index (χ0) is 16.8. The molecule has 3 rings (SSSR count). The molecule has 1 aliphatic rings. The molecule has 6 heteroatoms. The van der Waals surface area contributed by atoms with Gasteiger partial charge in [0, 0.05) is 37.4 Å². The number of rotatable bonds is 6. The van der Waals surface area contributed by atoms with Gasteiger partial charge in [0.05, 0.1) is 30.6 Å². The fourth-order valence-electron chi connectivity index (χ4n) is 2.83. The maximum atomic E-state index is 12.9. The molecule has 0 aliphatic carbocycles. The van der Waals surface area contributed by atoms with Crippen molar-refractivity contribution >= 4 is 27.3 Å². The summed E-state index contributed by atoms with van der Waals surface area (Å²) in [5, 5.41) is 9.98. The summed E-state index contributed by atoms with van der Waals surface area (Å²) in [6, 6.07) is 12.1. The smallest absolute Gasteiger partial charge is 0.264 e. The molecule has 0 atom stereocenters. The van der Waals surface area contributed by atoms with E-state index in [0.29, 0.717) is 19.5 Å². The number of nitrogens with zero attached hydrogens (tertiary/aromatic N) is 3. The molecule has 0 radical (unpaired) electrons. The molecular formula is C18H21N3O2S. The molecule has 1 aliphatic heterocycles. The van der Waals surface area contributed by atoms with Crippen molar-refractivity contribution in [3.8, 4) is 6.07 Å². The molecule has 0 saturated carbocycles. The van der Waals surface area contributed by atoms with Crippen LogP contribution in [0, 0.1) is 11.3 Å². The van der Waals surface area contributed by atoms with Crippen molar-refractivity contribution in [1.29, 1.82) is 5.26 Å². The Hall–Kier alpha value is -1.94. The minimum Gasteiger partial charge on any atom is -0.379 e. The topological polar surface area (TPSA) is 56.6 Å². The number of amides is 1. The van der Waals surface area contributed by atoms with Crippen LogP contribution in [0.4, 0.5) is 0 Å². The molecule has 126 valence electrons. The molecule has 0 bridgehead atoms. The van der Waals surface area contributed by atoms with E-state index in [0.717, 1.165) is 47.8 Å². The van der Waals surface area contributed by atoms with Gasteiger partial charge in [-0.2, -0.15) is 5.26 Å². The van der Waals surface area contributed by atoms with Crippen LogP contribution in [0.5, 0.6) is 0 Å². The molecule has 1 aromatic heterocycles. The molecule has 0 N–H and O–H groups in total. The van der Waals surface area contributed by atoms with Crippen LogP contribution in [0.15, 0.2) is 30.3 Å². The summed E-state index contributed by atoms with van der Waals surface area (Å²) in [5.41, 5.74) is 0. The lowest BCUT2D eigenvalue weighted by Gasteiger charge is -2.29. The fraction of sp³-hybridized carbons (Fsp3) is 0.444. The highest BCUT2D eigenvalue weighted by atomic mass is 32.1. The number of hydrogen-bond donors (Lipinski definition) is 0. The molecule has 5 nitrogen and oxygen atoms in total. The van der Waals surface area contributed by atoms with Crippen molar-refractivity contribution in [2.45, 2.75) is 6.42 Å². The highest BCUT2D eigenvalue weighted by Gasteiger charge is 2.19. The maximum absolute atomic E-state index is 12.9. The second kappa shape index (κ2) is 8.25. The lowest BCUT2D eigenvalue weighted by Crippen LogP contribution is -2.43. The Bertz CT molecular complexity index is 698. The van der Waals surface area contributed by atoms with E-state index in [1.165, 1.54) is 11.3 Å². The summed E-state index contributed by atoms with van der Waals surface area (Å²) in [6.07, 6.45) is 0.361. The Morgan fingerprint density at radius 2 is 2.08 bits per heavy atom. The van der Waals surface area contributed by atoms with E-state index >= 15 is 0 Å². The van der Waals surface area contributed by atoms with Crippen molar-refractivity contribution < 1.29 is 9.53 Å². The van der Waals surface area contributed by atoms with Crippen LogP contribution in [0.3, 0.4) is 0 Å². The van der Waals surface area contributed by atoms with Crippen LogP contribution in [0.1, 0.15) is 16.1 Å². The van der Waals surface area contributed by atoms with Gasteiger partial charge in [0.15, 0.2) is 0 Å². The molecule has 1 saturated heterocycles. The standard InChI is InChI=1S/C18H21N3O2S/c19-6-3-7-21(9-8-20-10-12-23-13-11-20)18(22)17-14-15-4-1-2-5-16(15)24-17/h1-2,4-5,14H,3,7-13H2. The number of carbonyl (C=O) groups excluding carboxylic acids is 1. The molecule has 2 heterocycles. The van der Waals surface area contributed by atoms with Crippen LogP contribution in [0.2, 0.25) is 0 Å². The first-order valence-electron chi connectivity index (χ1n) is 8.23. The van der Waals surface area contributed by atoms with E-state index in [1.807, 2.05) is 35.2 Å². The zero-order valence-corrected chi connectivity index (χ0v) is 14.4. The lowest BCUT2D eigenvalue weighted by molar-refractivity contribution is 0.0327. The third kappa shape index (κ3) is 4.12. The summed E-state index contributed by atoms with van der Waals surface area (Å²) in [5.74, 6) is 0.0275. The number of ether oxygens (including phenoxy) is 1. The monoisotopic (exact) mass is 343 g/mol. The number of fused-ring (bicyclic) bond motifs is 1. The van der Waals surface area contributed by atoms with Crippen LogP contribution in [0.25, 0.3) is 10.1 Å². The third-order valence-electron chi connectivity index (χ3n) is 4.21. The van der Waals surface area contributed by atoms with Crippen LogP contribution < -0.4 is 0 Å². The van der Waals surface area contributed by atoms with Gasteiger partial charge in [0.25, 0.3) is 5.91 Å². The van der Waals surface area contributed by atoms with E-state index in [-0.39, 0.29) is 5.91 Å². The first kappa shape index (κ1) is 16.9. The summed E-state index contributed by atoms with van der Waals surface area (Å²) in [6.45, 7) is 5.27. The Morgan fingerprint density at radius 3 is 2.83 bits per heavy atom. The number of morpholine rings is 1. The number of nitriles is 1. The van der Waals surface area contributed by atoms with Crippen molar-refractivity contribution in [3.05, 3.63) is 35.2 Å². The van der Waals surface area contributed by atoms with Crippen molar-refractivity contribution in [1.82, 2.24) is 9.80 Å². The van der Waals surface area contributed by atoms with Gasteiger partial charge in [-0.25, -0.2) is 0 Å². The SMILES string of the molecule is N#CCCN(CCN1CCOCC1)C(=O)c1cc2ccccc2s1. The number of benzene rings is 1. The van der Waals surface area contributed by atoms with Gasteiger partial charge in [-0.05, 0) is 17.5 Å². The van der Waals surface area contributed by atoms with Gasteiger partial charge < -0.3 is 9.64 Å². The Balaban J connectivity index is 1.69. The molecule has 2 aromatic rings. The normalized spacial score (nSPS) is 15.3. The van der Waals surface area contributed by atoms with Gasteiger partial charge in [-0.3, -0.25) is 9.69 Å². The fourth-order valence-corrected chi connectivity index (χ4v) is 3.86. The molecule has 1 amide bonds. The first-order chi connectivity index (χ1) is 11.8. The second-order valence-corrected chi connectivity index (χ2v) is 6.89. The van der Waals surface area contributed by atoms with E-state index in [2.05, 4.69) is 11.0 Å². The summed E-state index contributed by atoms with van der Waals surface area (Å²) >= 11 is 1.52. The summed E-state index contributed by atoms with van der Waals surface area (Å²) in [4.78, 5) is 17.7. The number of hydrogen-bond acceptors (Lipinski definition) is 5.